The number of benzene rings is 2. The second-order valence-electron chi connectivity index (χ2n) is 4.13. The molecule has 2 nitrogen and oxygen atoms in total. The van der Waals surface area contributed by atoms with Gasteiger partial charge in [-0.3, -0.25) is 0 Å². The number of hydrogen-bond acceptors (Lipinski definition) is 2. The van der Waals surface area contributed by atoms with Crippen LogP contribution >= 0.6 is 0 Å². The van der Waals surface area contributed by atoms with E-state index in [9.17, 15) is 0 Å². The van der Waals surface area contributed by atoms with Crippen molar-refractivity contribution in [1.82, 2.24) is 0 Å². The second-order valence-corrected chi connectivity index (χ2v) is 4.13. The first kappa shape index (κ1) is 11.8. The lowest BCUT2D eigenvalue weighted by Crippen LogP contribution is -1.92. The summed E-state index contributed by atoms with van der Waals surface area (Å²) in [6.45, 7) is 0.148. The van der Waals surface area contributed by atoms with E-state index < -0.39 is 0 Å². The highest BCUT2D eigenvalue weighted by Gasteiger charge is 1.99. The molecule has 0 spiro atoms. The smallest absolute Gasteiger partial charge is 0.0681 e. The molecule has 2 heteroatoms. The third-order valence-electron chi connectivity index (χ3n) is 2.76. The monoisotopic (exact) mass is 228 g/mol. The molecule has 0 bridgehead atoms. The molecule has 0 saturated carbocycles. The summed E-state index contributed by atoms with van der Waals surface area (Å²) in [4.78, 5) is 0. The summed E-state index contributed by atoms with van der Waals surface area (Å²) in [6, 6.07) is 15.8. The molecule has 0 atom stereocenters. The first-order chi connectivity index (χ1) is 8.31. The lowest BCUT2D eigenvalue weighted by molar-refractivity contribution is 0.281. The summed E-state index contributed by atoms with van der Waals surface area (Å²) in [5.41, 5.74) is 4.21. The molecule has 17 heavy (non-hydrogen) atoms. The van der Waals surface area contributed by atoms with Gasteiger partial charge in [-0.05, 0) is 28.7 Å². The first-order valence-electron chi connectivity index (χ1n) is 5.69. The van der Waals surface area contributed by atoms with Crippen molar-refractivity contribution in [2.75, 3.05) is 0 Å². The minimum atomic E-state index is 0.0739. The van der Waals surface area contributed by atoms with Gasteiger partial charge in [-0.1, -0.05) is 48.5 Å². The fourth-order valence-corrected chi connectivity index (χ4v) is 1.91. The van der Waals surface area contributed by atoms with E-state index in [1.165, 1.54) is 11.1 Å². The van der Waals surface area contributed by atoms with Gasteiger partial charge in [0.1, 0.15) is 0 Å². The highest BCUT2D eigenvalue weighted by Crippen LogP contribution is 2.13. The van der Waals surface area contributed by atoms with E-state index in [0.29, 0.717) is 0 Å². The van der Waals surface area contributed by atoms with Crippen LogP contribution in [0.15, 0.2) is 48.5 Å². The van der Waals surface area contributed by atoms with Gasteiger partial charge in [0.25, 0.3) is 0 Å². The van der Waals surface area contributed by atoms with Gasteiger partial charge in [-0.15, -0.1) is 0 Å². The highest BCUT2D eigenvalue weighted by molar-refractivity contribution is 5.31. The van der Waals surface area contributed by atoms with E-state index in [2.05, 4.69) is 0 Å². The van der Waals surface area contributed by atoms with Crippen LogP contribution in [0.25, 0.3) is 0 Å². The van der Waals surface area contributed by atoms with E-state index in [1.807, 2.05) is 48.5 Å². The summed E-state index contributed by atoms with van der Waals surface area (Å²) >= 11 is 0. The van der Waals surface area contributed by atoms with Gasteiger partial charge in [0, 0.05) is 0 Å². The fourth-order valence-electron chi connectivity index (χ4n) is 1.91. The molecule has 0 aliphatic carbocycles. The third kappa shape index (κ3) is 3.16. The third-order valence-corrected chi connectivity index (χ3v) is 2.76. The van der Waals surface area contributed by atoms with Crippen LogP contribution in [0, 0.1) is 0 Å². The Bertz CT molecular complexity index is 446. The Hall–Kier alpha value is -1.64. The van der Waals surface area contributed by atoms with Gasteiger partial charge >= 0.3 is 0 Å². The van der Waals surface area contributed by atoms with Crippen LogP contribution in [0.4, 0.5) is 0 Å². The Morgan fingerprint density at radius 3 is 1.47 bits per heavy atom. The Kier molecular flexibility index (Phi) is 3.91. The van der Waals surface area contributed by atoms with Crippen LogP contribution in [0.3, 0.4) is 0 Å². The van der Waals surface area contributed by atoms with Crippen LogP contribution in [0.2, 0.25) is 0 Å². The molecule has 0 unspecified atom stereocenters. The van der Waals surface area contributed by atoms with Crippen LogP contribution in [-0.2, 0) is 19.6 Å². The van der Waals surface area contributed by atoms with E-state index in [-0.39, 0.29) is 13.2 Å². The van der Waals surface area contributed by atoms with Crippen LogP contribution in [0.5, 0.6) is 0 Å². The van der Waals surface area contributed by atoms with Crippen molar-refractivity contribution in [2.45, 2.75) is 19.6 Å². The molecule has 0 aliphatic heterocycles. The SMILES string of the molecule is OCc1cccc(Cc2cccc(CO)c2)c1. The van der Waals surface area contributed by atoms with E-state index >= 15 is 0 Å². The minimum Gasteiger partial charge on any atom is -0.392 e. The zero-order valence-corrected chi connectivity index (χ0v) is 9.63. The Balaban J connectivity index is 2.18. The topological polar surface area (TPSA) is 40.5 Å². The number of hydrogen-bond donors (Lipinski definition) is 2. The molecule has 2 aromatic carbocycles. The van der Waals surface area contributed by atoms with Crippen LogP contribution in [-0.4, -0.2) is 10.2 Å². The van der Waals surface area contributed by atoms with Crippen molar-refractivity contribution in [3.8, 4) is 0 Å². The summed E-state index contributed by atoms with van der Waals surface area (Å²) in [7, 11) is 0. The van der Waals surface area contributed by atoms with Gasteiger partial charge < -0.3 is 10.2 Å². The van der Waals surface area contributed by atoms with Crippen LogP contribution in [0.1, 0.15) is 22.3 Å². The maximum Gasteiger partial charge on any atom is 0.0681 e. The van der Waals surface area contributed by atoms with E-state index in [1.54, 1.807) is 0 Å². The predicted molar refractivity (Wildman–Crippen MR) is 67.5 cm³/mol. The average Bonchev–Trinajstić information content (AvgIpc) is 2.39. The van der Waals surface area contributed by atoms with Gasteiger partial charge in [0.05, 0.1) is 13.2 Å². The lowest BCUT2D eigenvalue weighted by atomic mass is 10.0. The Morgan fingerprint density at radius 1 is 0.647 bits per heavy atom. The standard InChI is InChI=1S/C15H16O2/c16-10-14-5-1-3-12(8-14)7-13-4-2-6-15(9-13)11-17/h1-6,8-9,16-17H,7,10-11H2. The largest absolute Gasteiger partial charge is 0.392 e. The zero-order chi connectivity index (χ0) is 12.1. The maximum atomic E-state index is 9.08. The highest BCUT2D eigenvalue weighted by atomic mass is 16.3. The van der Waals surface area contributed by atoms with Crippen molar-refractivity contribution >= 4 is 0 Å². The molecule has 0 aliphatic rings. The van der Waals surface area contributed by atoms with Crippen molar-refractivity contribution in [2.24, 2.45) is 0 Å². The molecule has 0 fully saturated rings. The molecule has 0 aromatic heterocycles. The molecule has 88 valence electrons. The maximum absolute atomic E-state index is 9.08. The van der Waals surface area contributed by atoms with Crippen molar-refractivity contribution in [3.63, 3.8) is 0 Å². The average molecular weight is 228 g/mol. The lowest BCUT2D eigenvalue weighted by Gasteiger charge is -2.05. The second kappa shape index (κ2) is 5.62. The summed E-state index contributed by atoms with van der Waals surface area (Å²) < 4.78 is 0. The first-order valence-corrected chi connectivity index (χ1v) is 5.69. The van der Waals surface area contributed by atoms with E-state index in [0.717, 1.165) is 17.5 Å². The molecule has 0 saturated heterocycles. The van der Waals surface area contributed by atoms with Crippen molar-refractivity contribution < 1.29 is 10.2 Å². The summed E-state index contributed by atoms with van der Waals surface area (Å²) in [5, 5.41) is 18.2. The molecule has 0 radical (unpaired) electrons. The zero-order valence-electron chi connectivity index (χ0n) is 9.63. The van der Waals surface area contributed by atoms with Crippen molar-refractivity contribution in [3.05, 3.63) is 70.8 Å². The van der Waals surface area contributed by atoms with Gasteiger partial charge in [0.15, 0.2) is 0 Å². The van der Waals surface area contributed by atoms with Gasteiger partial charge in [-0.25, -0.2) is 0 Å². The Morgan fingerprint density at radius 2 is 1.06 bits per heavy atom. The molecule has 0 amide bonds. The molecular weight excluding hydrogens is 212 g/mol. The quantitative estimate of drug-likeness (QED) is 0.842. The number of aliphatic hydroxyl groups excluding tert-OH is 2. The summed E-state index contributed by atoms with van der Waals surface area (Å²) in [5.74, 6) is 0. The summed E-state index contributed by atoms with van der Waals surface area (Å²) in [6.07, 6.45) is 0.821. The molecule has 2 N–H and O–H groups in total. The predicted octanol–water partition coefficient (Wildman–Crippen LogP) is 2.26. The number of rotatable bonds is 4. The fraction of sp³-hybridized carbons (Fsp3) is 0.200. The number of aliphatic hydroxyl groups is 2. The molecule has 0 heterocycles. The molecule has 2 aromatic rings. The molecular formula is C15H16O2. The van der Waals surface area contributed by atoms with E-state index in [4.69, 9.17) is 10.2 Å². The van der Waals surface area contributed by atoms with Crippen molar-refractivity contribution in [1.29, 1.82) is 0 Å². The normalized spacial score (nSPS) is 10.5. The molecule has 2 rings (SSSR count). The van der Waals surface area contributed by atoms with Gasteiger partial charge in [-0.2, -0.15) is 0 Å². The van der Waals surface area contributed by atoms with Gasteiger partial charge in [0.2, 0.25) is 0 Å². The van der Waals surface area contributed by atoms with Crippen LogP contribution < -0.4 is 0 Å². The Labute approximate surface area is 101 Å². The minimum absolute atomic E-state index is 0.0739.